The van der Waals surface area contributed by atoms with Crippen LogP contribution >= 0.6 is 0 Å². The second-order valence-corrected chi connectivity index (χ2v) is 23.8. The van der Waals surface area contributed by atoms with Crippen LogP contribution in [-0.2, 0) is 26.2 Å². The monoisotopic (exact) mass is 1100 g/mol. The molecule has 0 bridgehead atoms. The van der Waals surface area contributed by atoms with Crippen LogP contribution in [0.2, 0.25) is 0 Å². The number of carbonyl (C=O) groups is 5. The maximum absolute atomic E-state index is 15.2. The van der Waals surface area contributed by atoms with Crippen molar-refractivity contribution >= 4 is 62.9 Å². The zero-order chi connectivity index (χ0) is 56.8. The highest BCUT2D eigenvalue weighted by molar-refractivity contribution is 6.00. The molecule has 1 aromatic heterocycles. The molecule has 0 radical (unpaired) electrons. The van der Waals surface area contributed by atoms with E-state index in [1.54, 1.807) is 57.5 Å². The highest BCUT2D eigenvalue weighted by Gasteiger charge is 2.51. The van der Waals surface area contributed by atoms with Gasteiger partial charge in [0.15, 0.2) is 0 Å². The third kappa shape index (κ3) is 11.9. The van der Waals surface area contributed by atoms with Gasteiger partial charge in [-0.1, -0.05) is 48.2 Å². The van der Waals surface area contributed by atoms with Crippen molar-refractivity contribution in [1.29, 1.82) is 0 Å². The first-order chi connectivity index (χ1) is 38.0. The molecule has 4 aromatic carbocycles. The van der Waals surface area contributed by atoms with E-state index >= 15 is 8.78 Å². The highest BCUT2D eigenvalue weighted by Crippen LogP contribution is 2.35. The summed E-state index contributed by atoms with van der Waals surface area (Å²) < 4.78 is 38.7. The SMILES string of the molecule is Cc1ccc(N[C@H]2CN(C(=O)OC(C)(C)C)CC2(F)F)cc1C(=O)N[C@H](C)c1ccc(C#CC2CCN(CC3(O)CCN(C(=O)C4CCN(c5ccc6c(c5)n(C)c(=O)n6C5CCC(=O)NC5=O)CC4)CC3)CC2)c2ccccc12. The fourth-order valence-electron chi connectivity index (χ4n) is 12.3. The number of hydrogen-bond acceptors (Lipinski definition) is 11. The number of likely N-dealkylation sites (tertiary alicyclic amines) is 3. The average Bonchev–Trinajstić information content (AvgIpc) is 3.91. The van der Waals surface area contributed by atoms with Crippen LogP contribution in [0.1, 0.15) is 118 Å². The van der Waals surface area contributed by atoms with Crippen LogP contribution in [0.3, 0.4) is 0 Å². The molecule has 1 unspecified atom stereocenters. The van der Waals surface area contributed by atoms with Crippen molar-refractivity contribution in [2.24, 2.45) is 18.9 Å². The lowest BCUT2D eigenvalue weighted by Crippen LogP contribution is -2.54. The third-order valence-electron chi connectivity index (χ3n) is 16.9. The normalized spacial score (nSPS) is 21.5. The molecule has 5 aromatic rings. The van der Waals surface area contributed by atoms with Gasteiger partial charge in [0.05, 0.1) is 35.8 Å². The molecule has 5 amide bonds. The maximum Gasteiger partial charge on any atom is 0.410 e. The molecule has 5 aliphatic rings. The number of hydrogen-bond donors (Lipinski definition) is 4. The van der Waals surface area contributed by atoms with Gasteiger partial charge in [-0.2, -0.15) is 0 Å². The molecule has 0 saturated carbocycles. The first-order valence-corrected chi connectivity index (χ1v) is 28.1. The molecule has 0 spiro atoms. The van der Waals surface area contributed by atoms with Crippen molar-refractivity contribution in [1.82, 2.24) is 34.5 Å². The van der Waals surface area contributed by atoms with Crippen molar-refractivity contribution in [2.75, 3.05) is 69.1 Å². The van der Waals surface area contributed by atoms with Gasteiger partial charge in [0.25, 0.3) is 11.8 Å². The van der Waals surface area contributed by atoms with E-state index < -0.39 is 53.8 Å². The van der Waals surface area contributed by atoms with E-state index in [2.05, 4.69) is 37.6 Å². The number of ether oxygens (including phenoxy) is 1. The Bertz CT molecular complexity index is 3350. The smallest absolute Gasteiger partial charge is 0.410 e. The Morgan fingerprint density at radius 2 is 1.57 bits per heavy atom. The molecule has 19 heteroatoms. The quantitative estimate of drug-likeness (QED) is 0.0813. The van der Waals surface area contributed by atoms with Crippen LogP contribution in [-0.4, -0.2) is 141 Å². The average molecular weight is 1100 g/mol. The predicted molar refractivity (Wildman–Crippen MR) is 302 cm³/mol. The van der Waals surface area contributed by atoms with Gasteiger partial charge in [-0.25, -0.2) is 18.4 Å². The van der Waals surface area contributed by atoms with Crippen molar-refractivity contribution in [3.05, 3.63) is 106 Å². The summed E-state index contributed by atoms with van der Waals surface area (Å²) >= 11 is 0. The number of nitrogens with zero attached hydrogens (tertiary/aromatic N) is 6. The molecular formula is C61H73F2N9O8. The van der Waals surface area contributed by atoms with Gasteiger partial charge in [-0.15, -0.1) is 0 Å². The second kappa shape index (κ2) is 22.3. The lowest BCUT2D eigenvalue weighted by Gasteiger charge is -2.43. The minimum Gasteiger partial charge on any atom is -0.444 e. The molecule has 0 aliphatic carbocycles. The fraction of sp³-hybridized carbons (Fsp3) is 0.508. The van der Waals surface area contributed by atoms with Crippen LogP contribution < -0.4 is 26.5 Å². The zero-order valence-corrected chi connectivity index (χ0v) is 46.6. The summed E-state index contributed by atoms with van der Waals surface area (Å²) in [4.78, 5) is 85.5. The summed E-state index contributed by atoms with van der Waals surface area (Å²) in [6.45, 7) is 12.3. The number of amides is 5. The standard InChI is InChI=1S/C61H73F2N9O8/c1-38-11-15-43(65-52-35-71(37-61(52,62)63)58(78)80-59(3,4)5)33-48(38)54(74)64-39(2)45-17-14-41(46-9-7-8-10-47(45)46)13-12-40-21-27-68(28-22-40)36-60(79)25-31-70(32-26-60)56(76)42-23-29-69(30-24-42)44-16-18-49-51(34-44)67(6)57(77)72(49)50-19-20-53(73)66-55(50)75/h7-11,14-18,33-34,39-40,42,50,52,65,79H,19-32,35-37H2,1-6H3,(H,64,74)(H,66,73,75)/t39-,50?,52+/m1/s1. The topological polar surface area (TPSA) is 191 Å². The number of aliphatic hydroxyl groups is 1. The number of benzene rings is 4. The number of alkyl halides is 2. The summed E-state index contributed by atoms with van der Waals surface area (Å²) in [7, 11) is 1.69. The fourth-order valence-corrected chi connectivity index (χ4v) is 12.3. The lowest BCUT2D eigenvalue weighted by atomic mass is 9.87. The van der Waals surface area contributed by atoms with E-state index in [0.717, 1.165) is 58.4 Å². The Balaban J connectivity index is 0.686. The summed E-state index contributed by atoms with van der Waals surface area (Å²) in [5.41, 5.74) is 3.43. The molecule has 17 nitrogen and oxygen atoms in total. The Labute approximate surface area is 464 Å². The Morgan fingerprint density at radius 3 is 2.27 bits per heavy atom. The minimum absolute atomic E-state index is 0.106. The summed E-state index contributed by atoms with van der Waals surface area (Å²) in [5.74, 6) is 2.87. The van der Waals surface area contributed by atoms with E-state index in [1.807, 2.05) is 66.4 Å². The number of aryl methyl sites for hydroxylation is 2. The predicted octanol–water partition coefficient (Wildman–Crippen LogP) is 7.27. The molecule has 6 heterocycles. The number of anilines is 2. The second-order valence-electron chi connectivity index (χ2n) is 23.8. The minimum atomic E-state index is -3.22. The molecule has 3 atom stereocenters. The number of carbonyl (C=O) groups excluding carboxylic acids is 5. The Kier molecular flexibility index (Phi) is 15.6. The van der Waals surface area contributed by atoms with Gasteiger partial charge >= 0.3 is 11.8 Å². The molecule has 80 heavy (non-hydrogen) atoms. The van der Waals surface area contributed by atoms with E-state index in [1.165, 1.54) is 4.57 Å². The lowest BCUT2D eigenvalue weighted by molar-refractivity contribution is -0.141. The zero-order valence-electron chi connectivity index (χ0n) is 46.6. The molecule has 10 rings (SSSR count). The summed E-state index contributed by atoms with van der Waals surface area (Å²) in [6, 6.07) is 20.2. The number of halogens is 2. The van der Waals surface area contributed by atoms with Crippen LogP contribution in [0.15, 0.2) is 77.6 Å². The maximum atomic E-state index is 15.2. The van der Waals surface area contributed by atoms with E-state index in [0.29, 0.717) is 86.3 Å². The number of nitrogens with one attached hydrogen (secondary N) is 3. The van der Waals surface area contributed by atoms with Gasteiger partial charge in [0, 0.05) is 80.5 Å². The van der Waals surface area contributed by atoms with Crippen molar-refractivity contribution in [2.45, 2.75) is 121 Å². The van der Waals surface area contributed by atoms with Crippen LogP contribution in [0.5, 0.6) is 0 Å². The van der Waals surface area contributed by atoms with Crippen molar-refractivity contribution in [3.63, 3.8) is 0 Å². The largest absolute Gasteiger partial charge is 0.444 e. The number of piperidine rings is 4. The number of rotatable bonds is 10. The van der Waals surface area contributed by atoms with Gasteiger partial charge < -0.3 is 35.2 Å². The van der Waals surface area contributed by atoms with Crippen LogP contribution in [0.25, 0.3) is 21.8 Å². The number of aromatic nitrogens is 2. The third-order valence-corrected chi connectivity index (χ3v) is 16.9. The Morgan fingerprint density at radius 1 is 0.863 bits per heavy atom. The van der Waals surface area contributed by atoms with E-state index in [9.17, 15) is 33.9 Å². The molecule has 5 fully saturated rings. The van der Waals surface area contributed by atoms with Gasteiger partial charge in [0.2, 0.25) is 17.7 Å². The van der Waals surface area contributed by atoms with Crippen molar-refractivity contribution in [3.8, 4) is 11.8 Å². The molecule has 4 N–H and O–H groups in total. The Hall–Kier alpha value is -7.30. The number of imidazole rings is 1. The molecular weight excluding hydrogens is 1020 g/mol. The van der Waals surface area contributed by atoms with Crippen LogP contribution in [0, 0.1) is 30.6 Å². The van der Waals surface area contributed by atoms with Gasteiger partial charge in [0.1, 0.15) is 17.7 Å². The van der Waals surface area contributed by atoms with Crippen molar-refractivity contribution < 1.29 is 42.6 Å². The number of fused-ring (bicyclic) bond motifs is 2. The first kappa shape index (κ1) is 56.0. The summed E-state index contributed by atoms with van der Waals surface area (Å²) in [5, 5.41) is 22.1. The van der Waals surface area contributed by atoms with E-state index in [4.69, 9.17) is 4.74 Å². The molecule has 424 valence electrons. The van der Waals surface area contributed by atoms with Gasteiger partial charge in [-0.05, 0) is 151 Å². The number of imide groups is 1. The number of β-amino-alcohol motifs (C(OH)–C–C–N with tert-alkyl or cyclic N) is 1. The van der Waals surface area contributed by atoms with Crippen LogP contribution in [0.4, 0.5) is 25.0 Å². The molecule has 5 saturated heterocycles. The van der Waals surface area contributed by atoms with E-state index in [-0.39, 0.29) is 54.6 Å². The summed E-state index contributed by atoms with van der Waals surface area (Å²) in [6.07, 6.45) is 3.82. The molecule has 5 aliphatic heterocycles. The highest BCUT2D eigenvalue weighted by atomic mass is 19.3. The first-order valence-electron chi connectivity index (χ1n) is 28.1. The van der Waals surface area contributed by atoms with Gasteiger partial charge in [-0.3, -0.25) is 38.5 Å².